The zero-order chi connectivity index (χ0) is 22.2. The van der Waals surface area contributed by atoms with Gasteiger partial charge >= 0.3 is 6.36 Å². The zero-order valence-electron chi connectivity index (χ0n) is 15.3. The van der Waals surface area contributed by atoms with Crippen LogP contribution in [0, 0.1) is 0 Å². The summed E-state index contributed by atoms with van der Waals surface area (Å²) in [5, 5.41) is 7.40. The van der Waals surface area contributed by atoms with Crippen molar-refractivity contribution >= 4 is 15.7 Å². The van der Waals surface area contributed by atoms with E-state index in [0.29, 0.717) is 11.1 Å². The van der Waals surface area contributed by atoms with Crippen molar-refractivity contribution in [3.8, 4) is 16.9 Å². The summed E-state index contributed by atoms with van der Waals surface area (Å²) in [5.41, 5.74) is -1.71. The Morgan fingerprint density at radius 1 is 1.03 bits per heavy atom. The van der Waals surface area contributed by atoms with E-state index in [1.54, 1.807) is 6.07 Å². The van der Waals surface area contributed by atoms with Crippen LogP contribution in [0.4, 0.5) is 22.0 Å². The predicted molar refractivity (Wildman–Crippen MR) is 96.7 cm³/mol. The summed E-state index contributed by atoms with van der Waals surface area (Å²) in [6.07, 6.45) is -2.65. The summed E-state index contributed by atoms with van der Waals surface area (Å²) in [6.45, 7) is -2.46. The van der Waals surface area contributed by atoms with E-state index in [9.17, 15) is 26.0 Å². The Bertz CT molecular complexity index is 1150. The quantitative estimate of drug-likeness (QED) is 0.560. The second kappa shape index (κ2) is 7.80. The Labute approximate surface area is 167 Å². The molecule has 162 valence electrons. The Morgan fingerprint density at radius 2 is 1.67 bits per heavy atom. The lowest BCUT2D eigenvalue weighted by Gasteiger charge is -2.20. The number of nitrogens with one attached hydrogen (secondary N) is 1. The van der Waals surface area contributed by atoms with Crippen molar-refractivity contribution in [2.24, 2.45) is 0 Å². The second-order valence-corrected chi connectivity index (χ2v) is 8.27. The Morgan fingerprint density at radius 3 is 2.23 bits per heavy atom. The van der Waals surface area contributed by atoms with Gasteiger partial charge in [-0.25, -0.2) is 21.9 Å². The molecule has 0 aliphatic rings. The number of hydrogen-bond acceptors (Lipinski definition) is 5. The van der Waals surface area contributed by atoms with Crippen LogP contribution in [-0.4, -0.2) is 48.9 Å². The largest absolute Gasteiger partial charge is 0.573 e. The van der Waals surface area contributed by atoms with Crippen molar-refractivity contribution < 1.29 is 35.1 Å². The maximum atomic E-state index is 15.1. The molecule has 7 nitrogen and oxygen atoms in total. The van der Waals surface area contributed by atoms with Crippen LogP contribution < -0.4 is 9.46 Å². The molecule has 0 radical (unpaired) electrons. The fourth-order valence-electron chi connectivity index (χ4n) is 2.65. The summed E-state index contributed by atoms with van der Waals surface area (Å²) in [7, 11) is -3.79. The molecule has 1 N–H and O–H groups in total. The van der Waals surface area contributed by atoms with Crippen LogP contribution in [-0.2, 0) is 15.7 Å². The van der Waals surface area contributed by atoms with Gasteiger partial charge in [0.05, 0.1) is 12.8 Å². The number of fused-ring (bicyclic) bond motifs is 1. The van der Waals surface area contributed by atoms with Gasteiger partial charge in [0.15, 0.2) is 11.5 Å². The molecule has 0 bridgehead atoms. The minimum absolute atomic E-state index is 0.167. The molecule has 1 atom stereocenters. The van der Waals surface area contributed by atoms with E-state index in [-0.39, 0.29) is 5.65 Å². The van der Waals surface area contributed by atoms with Crippen LogP contribution in [0.2, 0.25) is 0 Å². The number of halogens is 5. The molecule has 13 heteroatoms. The SMILES string of the molecule is CS(=O)(=O)NCC(F)(CF)c1nnc2ccc(-c3ccc(OC(F)(F)F)cc3)cn12. The van der Waals surface area contributed by atoms with E-state index >= 15 is 4.39 Å². The van der Waals surface area contributed by atoms with Crippen LogP contribution >= 0.6 is 0 Å². The van der Waals surface area contributed by atoms with E-state index in [0.717, 1.165) is 22.8 Å². The van der Waals surface area contributed by atoms with Gasteiger partial charge in [-0.2, -0.15) is 0 Å². The van der Waals surface area contributed by atoms with E-state index in [1.807, 2.05) is 4.72 Å². The first-order valence-corrected chi connectivity index (χ1v) is 10.2. The summed E-state index contributed by atoms with van der Waals surface area (Å²) in [5.74, 6) is -0.876. The Balaban J connectivity index is 1.96. The number of alkyl halides is 5. The highest BCUT2D eigenvalue weighted by molar-refractivity contribution is 7.88. The summed E-state index contributed by atoms with van der Waals surface area (Å²) >= 11 is 0. The van der Waals surface area contributed by atoms with Gasteiger partial charge in [-0.15, -0.1) is 23.4 Å². The lowest BCUT2D eigenvalue weighted by atomic mass is 10.1. The van der Waals surface area contributed by atoms with Gasteiger partial charge in [-0.1, -0.05) is 12.1 Å². The third kappa shape index (κ3) is 5.02. The lowest BCUT2D eigenvalue weighted by molar-refractivity contribution is -0.274. The molecule has 0 saturated carbocycles. The first-order valence-electron chi connectivity index (χ1n) is 8.31. The highest BCUT2D eigenvalue weighted by Gasteiger charge is 2.38. The maximum absolute atomic E-state index is 15.1. The molecule has 1 unspecified atom stereocenters. The fraction of sp³-hybridized carbons (Fsp3) is 0.294. The number of hydrogen-bond donors (Lipinski definition) is 1. The smallest absolute Gasteiger partial charge is 0.406 e. The molecular weight excluding hydrogens is 435 g/mol. The second-order valence-electron chi connectivity index (χ2n) is 6.43. The third-order valence-corrected chi connectivity index (χ3v) is 4.72. The van der Waals surface area contributed by atoms with Crippen LogP contribution in [0.25, 0.3) is 16.8 Å². The molecule has 3 aromatic rings. The first kappa shape index (κ1) is 21.9. The van der Waals surface area contributed by atoms with Gasteiger partial charge in [0.1, 0.15) is 12.4 Å². The zero-order valence-corrected chi connectivity index (χ0v) is 16.1. The average Bonchev–Trinajstić information content (AvgIpc) is 3.09. The molecule has 2 heterocycles. The fourth-order valence-corrected chi connectivity index (χ4v) is 3.14. The van der Waals surface area contributed by atoms with E-state index < -0.39 is 46.8 Å². The minimum atomic E-state index is -4.82. The van der Waals surface area contributed by atoms with Gasteiger partial charge in [0.2, 0.25) is 15.7 Å². The highest BCUT2D eigenvalue weighted by Crippen LogP contribution is 2.29. The van der Waals surface area contributed by atoms with E-state index in [4.69, 9.17) is 0 Å². The van der Waals surface area contributed by atoms with E-state index in [1.165, 1.54) is 24.4 Å². The summed E-state index contributed by atoms with van der Waals surface area (Å²) in [6, 6.07) is 7.95. The maximum Gasteiger partial charge on any atom is 0.573 e. The van der Waals surface area contributed by atoms with Crippen molar-refractivity contribution in [2.75, 3.05) is 19.5 Å². The number of ether oxygens (including phenoxy) is 1. The number of aromatic nitrogens is 3. The van der Waals surface area contributed by atoms with Gasteiger partial charge in [0, 0.05) is 6.20 Å². The van der Waals surface area contributed by atoms with Crippen LogP contribution in [0.3, 0.4) is 0 Å². The van der Waals surface area contributed by atoms with Crippen LogP contribution in [0.15, 0.2) is 42.6 Å². The van der Waals surface area contributed by atoms with Gasteiger partial charge in [0.25, 0.3) is 0 Å². The summed E-state index contributed by atoms with van der Waals surface area (Å²) in [4.78, 5) is 0. The Hall–Kier alpha value is -2.80. The van der Waals surface area contributed by atoms with Crippen LogP contribution in [0.5, 0.6) is 5.75 Å². The lowest BCUT2D eigenvalue weighted by Crippen LogP contribution is -2.40. The van der Waals surface area contributed by atoms with Crippen molar-refractivity contribution in [1.82, 2.24) is 19.3 Å². The highest BCUT2D eigenvalue weighted by atomic mass is 32.2. The Kier molecular flexibility index (Phi) is 5.69. The van der Waals surface area contributed by atoms with Crippen molar-refractivity contribution in [1.29, 1.82) is 0 Å². The molecule has 1 aromatic carbocycles. The number of rotatable bonds is 7. The number of nitrogens with zero attached hydrogens (tertiary/aromatic N) is 3. The number of pyridine rings is 1. The monoisotopic (exact) mass is 450 g/mol. The molecule has 2 aromatic heterocycles. The average molecular weight is 450 g/mol. The molecule has 0 aliphatic carbocycles. The number of sulfonamides is 1. The third-order valence-electron chi connectivity index (χ3n) is 4.05. The van der Waals surface area contributed by atoms with E-state index in [2.05, 4.69) is 14.9 Å². The van der Waals surface area contributed by atoms with Gasteiger partial charge in [-0.3, -0.25) is 4.40 Å². The topological polar surface area (TPSA) is 85.6 Å². The standard InChI is InChI=1S/C17H15F5N4O3S/c1-30(27,28)23-10-16(19,9-18)15-25-24-14-7-4-12(8-26(14)15)11-2-5-13(6-3-11)29-17(20,21)22/h2-8,23H,9-10H2,1H3. The molecule has 0 saturated heterocycles. The van der Waals surface area contributed by atoms with Gasteiger partial charge < -0.3 is 4.74 Å². The molecule has 0 fully saturated rings. The van der Waals surface area contributed by atoms with Crippen molar-refractivity contribution in [2.45, 2.75) is 12.0 Å². The first-order chi connectivity index (χ1) is 13.9. The van der Waals surface area contributed by atoms with Gasteiger partial charge in [-0.05, 0) is 35.4 Å². The van der Waals surface area contributed by atoms with Crippen molar-refractivity contribution in [3.63, 3.8) is 0 Å². The molecule has 30 heavy (non-hydrogen) atoms. The van der Waals surface area contributed by atoms with Crippen molar-refractivity contribution in [3.05, 3.63) is 48.4 Å². The number of benzene rings is 1. The molecule has 0 spiro atoms. The predicted octanol–water partition coefficient (Wildman–Crippen LogP) is 2.98. The molecule has 0 amide bonds. The normalized spacial score (nSPS) is 14.6. The minimum Gasteiger partial charge on any atom is -0.406 e. The molecule has 3 rings (SSSR count). The molecule has 0 aliphatic heterocycles. The molecular formula is C17H15F5N4O3S. The summed E-state index contributed by atoms with van der Waals surface area (Å²) < 4.78 is 94.9. The van der Waals surface area contributed by atoms with Crippen LogP contribution in [0.1, 0.15) is 5.82 Å².